The monoisotopic (exact) mass is 390 g/mol. The van der Waals surface area contributed by atoms with E-state index in [1.807, 2.05) is 34.0 Å². The van der Waals surface area contributed by atoms with Crippen LogP contribution >= 0.6 is 11.3 Å². The van der Waals surface area contributed by atoms with Crippen LogP contribution < -0.4 is 9.80 Å². The first-order valence-electron chi connectivity index (χ1n) is 8.70. The number of quaternary nitrogens is 1. The molecule has 2 aromatic carbocycles. The van der Waals surface area contributed by atoms with E-state index in [4.69, 9.17) is 0 Å². The number of aryl methyl sites for hydroxylation is 2. The fraction of sp³-hybridized carbons (Fsp3) is 0.300. The van der Waals surface area contributed by atoms with Crippen molar-refractivity contribution in [2.45, 2.75) is 13.8 Å². The molecule has 0 saturated heterocycles. The molecule has 27 heavy (non-hydrogen) atoms. The Morgan fingerprint density at radius 3 is 2.48 bits per heavy atom. The lowest BCUT2D eigenvalue weighted by Crippen LogP contribution is -3.06. The van der Waals surface area contributed by atoms with Crippen LogP contribution in [-0.4, -0.2) is 38.1 Å². The lowest BCUT2D eigenvalue weighted by Gasteiger charge is -2.21. The molecule has 0 bridgehead atoms. The molecule has 1 N–H and O–H groups in total. The number of amides is 1. The van der Waals surface area contributed by atoms with Gasteiger partial charge in [-0.05, 0) is 43.2 Å². The van der Waals surface area contributed by atoms with Crippen LogP contribution in [0.1, 0.15) is 21.5 Å². The van der Waals surface area contributed by atoms with Crippen LogP contribution in [0.25, 0.3) is 10.2 Å². The third kappa shape index (κ3) is 3.99. The van der Waals surface area contributed by atoms with Crippen molar-refractivity contribution in [3.8, 4) is 0 Å². The number of anilines is 1. The molecule has 3 rings (SSSR count). The second kappa shape index (κ2) is 7.70. The van der Waals surface area contributed by atoms with E-state index in [1.165, 1.54) is 22.3 Å². The maximum absolute atomic E-state index is 14.2. The van der Waals surface area contributed by atoms with Gasteiger partial charge in [0.1, 0.15) is 17.2 Å². The number of hydrogen-bond acceptors (Lipinski definition) is 3. The van der Waals surface area contributed by atoms with Gasteiger partial charge in [-0.2, -0.15) is 0 Å². The molecule has 0 aliphatic rings. The number of hydrogen-bond donors (Lipinski definition) is 1. The summed E-state index contributed by atoms with van der Waals surface area (Å²) in [4.78, 5) is 20.1. The lowest BCUT2D eigenvalue weighted by atomic mass is 10.1. The molecule has 0 aliphatic heterocycles. The van der Waals surface area contributed by atoms with E-state index in [9.17, 15) is 13.6 Å². The Balaban J connectivity index is 2.08. The summed E-state index contributed by atoms with van der Waals surface area (Å²) < 4.78 is 29.3. The van der Waals surface area contributed by atoms with Crippen molar-refractivity contribution in [3.05, 3.63) is 58.7 Å². The number of fused-ring (bicyclic) bond motifs is 1. The van der Waals surface area contributed by atoms with Gasteiger partial charge in [-0.15, -0.1) is 0 Å². The zero-order valence-corrected chi connectivity index (χ0v) is 16.6. The Hall–Kier alpha value is -2.38. The Morgan fingerprint density at radius 1 is 1.19 bits per heavy atom. The van der Waals surface area contributed by atoms with Gasteiger partial charge in [0, 0.05) is 0 Å². The Morgan fingerprint density at radius 2 is 1.85 bits per heavy atom. The van der Waals surface area contributed by atoms with Crippen LogP contribution in [0.15, 0.2) is 30.3 Å². The molecule has 1 heterocycles. The number of rotatable bonds is 5. The topological polar surface area (TPSA) is 37.6 Å². The second-order valence-electron chi connectivity index (χ2n) is 6.94. The van der Waals surface area contributed by atoms with Crippen molar-refractivity contribution >= 4 is 32.6 Å². The van der Waals surface area contributed by atoms with Gasteiger partial charge in [0.25, 0.3) is 5.91 Å². The van der Waals surface area contributed by atoms with Gasteiger partial charge >= 0.3 is 0 Å². The molecule has 1 aromatic heterocycles. The van der Waals surface area contributed by atoms with E-state index in [0.29, 0.717) is 18.2 Å². The summed E-state index contributed by atoms with van der Waals surface area (Å²) >= 11 is 1.37. The summed E-state index contributed by atoms with van der Waals surface area (Å²) in [5, 5.41) is 0.451. The summed E-state index contributed by atoms with van der Waals surface area (Å²) in [6.45, 7) is 4.91. The third-order valence-corrected chi connectivity index (χ3v) is 5.53. The van der Waals surface area contributed by atoms with E-state index in [2.05, 4.69) is 11.1 Å². The maximum atomic E-state index is 14.2. The minimum atomic E-state index is -0.865. The zero-order valence-electron chi connectivity index (χ0n) is 15.8. The first-order valence-corrected chi connectivity index (χ1v) is 9.52. The third-order valence-electron chi connectivity index (χ3n) is 4.30. The number of halogens is 2. The average Bonchev–Trinajstić information content (AvgIpc) is 2.98. The summed E-state index contributed by atoms with van der Waals surface area (Å²) in [5.74, 6) is -2.44. The van der Waals surface area contributed by atoms with Crippen molar-refractivity contribution in [1.82, 2.24) is 4.98 Å². The highest BCUT2D eigenvalue weighted by Gasteiger charge is 2.27. The van der Waals surface area contributed by atoms with Gasteiger partial charge in [0.15, 0.2) is 5.13 Å². The largest absolute Gasteiger partial charge is 0.338 e. The molecule has 0 unspecified atom stereocenters. The molecule has 142 valence electrons. The predicted octanol–water partition coefficient (Wildman–Crippen LogP) is 2.98. The highest BCUT2D eigenvalue weighted by molar-refractivity contribution is 7.22. The van der Waals surface area contributed by atoms with Crippen molar-refractivity contribution in [3.63, 3.8) is 0 Å². The normalized spacial score (nSPS) is 11.4. The van der Waals surface area contributed by atoms with Gasteiger partial charge in [-0.1, -0.05) is 23.5 Å². The quantitative estimate of drug-likeness (QED) is 0.727. The molecular weight excluding hydrogens is 368 g/mol. The van der Waals surface area contributed by atoms with Gasteiger partial charge in [0.2, 0.25) is 0 Å². The number of benzene rings is 2. The minimum absolute atomic E-state index is 0.312. The smallest absolute Gasteiger partial charge is 0.266 e. The molecule has 0 atom stereocenters. The number of aromatic nitrogens is 1. The van der Waals surface area contributed by atoms with Gasteiger partial charge in [-0.3, -0.25) is 9.69 Å². The predicted molar refractivity (Wildman–Crippen MR) is 105 cm³/mol. The SMILES string of the molecule is Cc1cc(C)c2sc(N(CC[NH+](C)C)C(=O)c3c(F)cccc3F)nc2c1. The van der Waals surface area contributed by atoms with Crippen LogP contribution in [0.4, 0.5) is 13.9 Å². The molecule has 1 amide bonds. The summed E-state index contributed by atoms with van der Waals surface area (Å²) in [6, 6.07) is 7.44. The van der Waals surface area contributed by atoms with Gasteiger partial charge < -0.3 is 4.90 Å². The highest BCUT2D eigenvalue weighted by atomic mass is 32.1. The summed E-state index contributed by atoms with van der Waals surface area (Å²) in [7, 11) is 3.91. The van der Waals surface area contributed by atoms with Crippen molar-refractivity contribution in [2.75, 3.05) is 32.1 Å². The van der Waals surface area contributed by atoms with Gasteiger partial charge in [-0.25, -0.2) is 13.8 Å². The van der Waals surface area contributed by atoms with Crippen molar-refractivity contribution in [2.24, 2.45) is 0 Å². The van der Waals surface area contributed by atoms with Crippen LogP contribution in [0.3, 0.4) is 0 Å². The molecule has 7 heteroatoms. The fourth-order valence-corrected chi connectivity index (χ4v) is 3.98. The molecule has 3 aromatic rings. The van der Waals surface area contributed by atoms with Gasteiger partial charge in [0.05, 0.1) is 37.4 Å². The number of likely N-dealkylation sites (N-methyl/N-ethyl adjacent to an activating group) is 1. The Kier molecular flexibility index (Phi) is 5.53. The molecule has 0 radical (unpaired) electrons. The molecule has 0 aliphatic carbocycles. The fourth-order valence-electron chi connectivity index (χ4n) is 2.94. The molecule has 0 fully saturated rings. The molecule has 0 saturated carbocycles. The molecule has 0 spiro atoms. The van der Waals surface area contributed by atoms with Crippen LogP contribution in [0.2, 0.25) is 0 Å². The summed E-state index contributed by atoms with van der Waals surface area (Å²) in [5.41, 5.74) is 2.39. The number of nitrogens with zero attached hydrogens (tertiary/aromatic N) is 2. The Labute approximate surface area is 161 Å². The van der Waals surface area contributed by atoms with Crippen molar-refractivity contribution < 1.29 is 18.5 Å². The first-order chi connectivity index (χ1) is 12.8. The molecule has 4 nitrogen and oxygen atoms in total. The van der Waals surface area contributed by atoms with E-state index < -0.39 is 23.1 Å². The zero-order chi connectivity index (χ0) is 19.7. The number of carbonyl (C=O) groups excluding carboxylic acids is 1. The summed E-state index contributed by atoms with van der Waals surface area (Å²) in [6.07, 6.45) is 0. The van der Waals surface area contributed by atoms with E-state index in [0.717, 1.165) is 38.4 Å². The Bertz CT molecular complexity index is 980. The van der Waals surface area contributed by atoms with Crippen LogP contribution in [0, 0.1) is 25.5 Å². The van der Waals surface area contributed by atoms with E-state index in [1.54, 1.807) is 0 Å². The second-order valence-corrected chi connectivity index (χ2v) is 7.91. The molecular formula is C20H22F2N3OS+. The lowest BCUT2D eigenvalue weighted by molar-refractivity contribution is -0.856. The first kappa shape index (κ1) is 19.4. The average molecular weight is 390 g/mol. The van der Waals surface area contributed by atoms with E-state index >= 15 is 0 Å². The number of nitrogens with one attached hydrogen (secondary N) is 1. The van der Waals surface area contributed by atoms with Crippen molar-refractivity contribution in [1.29, 1.82) is 0 Å². The highest BCUT2D eigenvalue weighted by Crippen LogP contribution is 2.33. The number of thiazole rings is 1. The van der Waals surface area contributed by atoms with E-state index in [-0.39, 0.29) is 0 Å². The number of carbonyl (C=O) groups is 1. The minimum Gasteiger partial charge on any atom is -0.338 e. The van der Waals surface area contributed by atoms with Crippen LogP contribution in [0.5, 0.6) is 0 Å². The maximum Gasteiger partial charge on any atom is 0.266 e. The standard InChI is InChI=1S/C20H21F2N3OS/c1-12-10-13(2)18-16(11-12)23-20(27-18)25(9-8-24(3)4)19(26)17-14(21)6-5-7-15(17)22/h5-7,10-11H,8-9H2,1-4H3/p+1. The van der Waals surface area contributed by atoms with Crippen LogP contribution in [-0.2, 0) is 0 Å².